The highest BCUT2D eigenvalue weighted by Crippen LogP contribution is 2.46. The average molecular weight is 424 g/mol. The molecule has 1 amide bonds. The number of amides is 1. The van der Waals surface area contributed by atoms with Crippen LogP contribution in [-0.4, -0.2) is 45.7 Å². The van der Waals surface area contributed by atoms with Gasteiger partial charge in [-0.3, -0.25) is 9.89 Å². The minimum Gasteiger partial charge on any atom is -0.384 e. The summed E-state index contributed by atoms with van der Waals surface area (Å²) in [5.74, 6) is 0.584. The Morgan fingerprint density at radius 2 is 2.10 bits per heavy atom. The molecule has 2 aliphatic heterocycles. The van der Waals surface area contributed by atoms with Crippen molar-refractivity contribution in [3.8, 4) is 10.6 Å². The SMILES string of the molecule is Cc1n[nH]c(C)c1C(=O)N1CCC2(CC1)OCCc1sc(-c3cccc(N)n3)cc12. The van der Waals surface area contributed by atoms with Crippen molar-refractivity contribution in [2.45, 2.75) is 38.7 Å². The van der Waals surface area contributed by atoms with Gasteiger partial charge < -0.3 is 15.4 Å². The minimum atomic E-state index is -0.320. The van der Waals surface area contributed by atoms with Gasteiger partial charge in [-0.25, -0.2) is 4.98 Å². The zero-order chi connectivity index (χ0) is 20.9. The number of piperidine rings is 1. The first-order chi connectivity index (χ1) is 14.5. The molecule has 30 heavy (non-hydrogen) atoms. The largest absolute Gasteiger partial charge is 0.384 e. The van der Waals surface area contributed by atoms with Crippen molar-refractivity contribution < 1.29 is 9.53 Å². The molecule has 0 saturated carbocycles. The number of hydrogen-bond donors (Lipinski definition) is 2. The van der Waals surface area contributed by atoms with Crippen LogP contribution in [0.25, 0.3) is 10.6 Å². The Morgan fingerprint density at radius 3 is 2.80 bits per heavy atom. The predicted molar refractivity (Wildman–Crippen MR) is 116 cm³/mol. The van der Waals surface area contributed by atoms with Crippen LogP contribution < -0.4 is 5.73 Å². The van der Waals surface area contributed by atoms with Crippen molar-refractivity contribution in [2.75, 3.05) is 25.4 Å². The topological polar surface area (TPSA) is 97.1 Å². The first-order valence-corrected chi connectivity index (χ1v) is 11.1. The number of nitrogens with one attached hydrogen (secondary N) is 1. The zero-order valence-corrected chi connectivity index (χ0v) is 18.0. The van der Waals surface area contributed by atoms with E-state index in [4.69, 9.17) is 10.5 Å². The van der Waals surface area contributed by atoms with Crippen LogP contribution in [0.3, 0.4) is 0 Å². The van der Waals surface area contributed by atoms with Gasteiger partial charge in [0, 0.05) is 30.1 Å². The van der Waals surface area contributed by atoms with E-state index in [1.807, 2.05) is 30.9 Å². The summed E-state index contributed by atoms with van der Waals surface area (Å²) in [6.07, 6.45) is 2.50. The number of rotatable bonds is 2. The number of H-pyrrole nitrogens is 1. The first kappa shape index (κ1) is 19.3. The summed E-state index contributed by atoms with van der Waals surface area (Å²) in [6, 6.07) is 7.96. The van der Waals surface area contributed by atoms with Crippen molar-refractivity contribution in [2.24, 2.45) is 0 Å². The number of aromatic amines is 1. The molecular weight excluding hydrogens is 398 g/mol. The number of pyridine rings is 1. The van der Waals surface area contributed by atoms with Gasteiger partial charge in [0.15, 0.2) is 0 Å². The Kier molecular flexibility index (Phi) is 4.63. The van der Waals surface area contributed by atoms with E-state index in [0.717, 1.165) is 41.2 Å². The smallest absolute Gasteiger partial charge is 0.257 e. The molecule has 0 aromatic carbocycles. The monoisotopic (exact) mass is 423 g/mol. The Labute approximate surface area is 179 Å². The number of carbonyl (C=O) groups excluding carboxylic acids is 1. The van der Waals surface area contributed by atoms with Gasteiger partial charge in [-0.2, -0.15) is 5.10 Å². The number of carbonyl (C=O) groups is 1. The summed E-state index contributed by atoms with van der Waals surface area (Å²) in [5.41, 5.74) is 10.0. The highest BCUT2D eigenvalue weighted by atomic mass is 32.1. The van der Waals surface area contributed by atoms with E-state index in [0.29, 0.717) is 31.1 Å². The first-order valence-electron chi connectivity index (χ1n) is 10.3. The molecule has 156 valence electrons. The van der Waals surface area contributed by atoms with Crippen LogP contribution in [0.4, 0.5) is 5.82 Å². The molecule has 1 fully saturated rings. The number of fused-ring (bicyclic) bond motifs is 2. The van der Waals surface area contributed by atoms with E-state index in [2.05, 4.69) is 21.2 Å². The third kappa shape index (κ3) is 3.11. The van der Waals surface area contributed by atoms with Gasteiger partial charge in [0.05, 0.1) is 34.0 Å². The molecule has 0 unspecified atom stereocenters. The quantitative estimate of drug-likeness (QED) is 0.658. The van der Waals surface area contributed by atoms with E-state index in [9.17, 15) is 4.79 Å². The average Bonchev–Trinajstić information content (AvgIpc) is 3.33. The summed E-state index contributed by atoms with van der Waals surface area (Å²) in [4.78, 5) is 22.0. The lowest BCUT2D eigenvalue weighted by molar-refractivity contribution is -0.0926. The summed E-state index contributed by atoms with van der Waals surface area (Å²) in [6.45, 7) is 5.82. The van der Waals surface area contributed by atoms with Gasteiger partial charge in [-0.1, -0.05) is 6.07 Å². The molecule has 2 aliphatic rings. The van der Waals surface area contributed by atoms with Crippen molar-refractivity contribution in [3.63, 3.8) is 0 Å². The van der Waals surface area contributed by atoms with Crippen LogP contribution in [-0.2, 0) is 16.8 Å². The highest BCUT2D eigenvalue weighted by molar-refractivity contribution is 7.15. The number of likely N-dealkylation sites (tertiary alicyclic amines) is 1. The van der Waals surface area contributed by atoms with Crippen LogP contribution >= 0.6 is 11.3 Å². The molecule has 1 saturated heterocycles. The molecule has 0 bridgehead atoms. The van der Waals surface area contributed by atoms with Gasteiger partial charge in [0.25, 0.3) is 5.91 Å². The van der Waals surface area contributed by atoms with Crippen molar-refractivity contribution in [1.82, 2.24) is 20.1 Å². The fraction of sp³-hybridized carbons (Fsp3) is 0.409. The lowest BCUT2D eigenvalue weighted by Gasteiger charge is -2.44. The molecule has 1 spiro atoms. The van der Waals surface area contributed by atoms with E-state index in [1.165, 1.54) is 10.4 Å². The van der Waals surface area contributed by atoms with Crippen LogP contribution in [0.5, 0.6) is 0 Å². The van der Waals surface area contributed by atoms with Gasteiger partial charge in [-0.05, 0) is 50.5 Å². The molecule has 3 aromatic heterocycles. The van der Waals surface area contributed by atoms with E-state index in [1.54, 1.807) is 17.4 Å². The Hall–Kier alpha value is -2.71. The van der Waals surface area contributed by atoms with E-state index < -0.39 is 0 Å². The molecule has 5 heterocycles. The number of aromatic nitrogens is 3. The van der Waals surface area contributed by atoms with Crippen LogP contribution in [0.2, 0.25) is 0 Å². The number of ether oxygens (including phenoxy) is 1. The lowest BCUT2D eigenvalue weighted by atomic mass is 9.82. The molecule has 7 nitrogen and oxygen atoms in total. The third-order valence-corrected chi connectivity index (χ3v) is 7.45. The fourth-order valence-corrected chi connectivity index (χ4v) is 5.84. The standard InChI is InChI=1S/C22H25N5O2S/c1-13-20(14(2)26-25-13)21(28)27-9-7-22(8-10-27)15-12-18(30-17(15)6-11-29-22)16-4-3-5-19(23)24-16/h3-5,12H,6-11H2,1-2H3,(H2,23,24)(H,25,26). The number of nitrogens with zero attached hydrogens (tertiary/aromatic N) is 3. The van der Waals surface area contributed by atoms with Crippen LogP contribution in [0.1, 0.15) is 45.0 Å². The second-order valence-corrected chi connectivity index (χ2v) is 9.23. The Balaban J connectivity index is 1.40. The van der Waals surface area contributed by atoms with Crippen molar-refractivity contribution in [1.29, 1.82) is 0 Å². The predicted octanol–water partition coefficient (Wildman–Crippen LogP) is 3.44. The molecule has 0 radical (unpaired) electrons. The molecule has 0 atom stereocenters. The second-order valence-electron chi connectivity index (χ2n) is 8.09. The van der Waals surface area contributed by atoms with E-state index in [-0.39, 0.29) is 11.5 Å². The normalized spacial score (nSPS) is 17.9. The maximum Gasteiger partial charge on any atom is 0.257 e. The van der Waals surface area contributed by atoms with Gasteiger partial charge >= 0.3 is 0 Å². The summed E-state index contributed by atoms with van der Waals surface area (Å²) >= 11 is 1.78. The Morgan fingerprint density at radius 1 is 1.30 bits per heavy atom. The molecule has 5 rings (SSSR count). The summed E-state index contributed by atoms with van der Waals surface area (Å²) in [7, 11) is 0. The maximum atomic E-state index is 13.0. The van der Waals surface area contributed by atoms with Crippen molar-refractivity contribution in [3.05, 3.63) is 51.7 Å². The molecule has 8 heteroatoms. The highest BCUT2D eigenvalue weighted by Gasteiger charge is 2.43. The second kappa shape index (κ2) is 7.21. The summed E-state index contributed by atoms with van der Waals surface area (Å²) in [5, 5.41) is 7.09. The number of nitrogens with two attached hydrogens (primary N) is 1. The molecule has 3 N–H and O–H groups in total. The summed E-state index contributed by atoms with van der Waals surface area (Å²) < 4.78 is 6.38. The maximum absolute atomic E-state index is 13.0. The molecule has 0 aliphatic carbocycles. The number of hydrogen-bond acceptors (Lipinski definition) is 6. The number of anilines is 1. The third-order valence-electron chi connectivity index (χ3n) is 6.23. The number of thiophene rings is 1. The molecular formula is C22H25N5O2S. The molecule has 3 aromatic rings. The fourth-order valence-electron chi connectivity index (χ4n) is 4.64. The van der Waals surface area contributed by atoms with Gasteiger partial charge in [-0.15, -0.1) is 11.3 Å². The van der Waals surface area contributed by atoms with Crippen LogP contribution in [0.15, 0.2) is 24.3 Å². The van der Waals surface area contributed by atoms with E-state index >= 15 is 0 Å². The Bertz CT molecular complexity index is 1090. The zero-order valence-electron chi connectivity index (χ0n) is 17.2. The number of aryl methyl sites for hydroxylation is 2. The van der Waals surface area contributed by atoms with Crippen LogP contribution in [0, 0.1) is 13.8 Å². The lowest BCUT2D eigenvalue weighted by Crippen LogP contribution is -2.48. The van der Waals surface area contributed by atoms with Crippen molar-refractivity contribution >= 4 is 23.1 Å². The van der Waals surface area contributed by atoms with Gasteiger partial charge in [0.2, 0.25) is 0 Å². The van der Waals surface area contributed by atoms with Gasteiger partial charge in [0.1, 0.15) is 5.82 Å². The minimum absolute atomic E-state index is 0.0552. The number of nitrogen functional groups attached to an aromatic ring is 1.